The van der Waals surface area contributed by atoms with Crippen molar-refractivity contribution in [3.05, 3.63) is 71.3 Å². The van der Waals surface area contributed by atoms with Crippen LogP contribution in [0, 0.1) is 5.41 Å². The number of piperidine rings is 1. The van der Waals surface area contributed by atoms with Crippen molar-refractivity contribution in [3.63, 3.8) is 0 Å². The van der Waals surface area contributed by atoms with Gasteiger partial charge in [0.1, 0.15) is 0 Å². The highest BCUT2D eigenvalue weighted by Crippen LogP contribution is 2.37. The van der Waals surface area contributed by atoms with Gasteiger partial charge in [0.05, 0.1) is 5.56 Å². The third-order valence-electron chi connectivity index (χ3n) is 5.88. The first-order valence-corrected chi connectivity index (χ1v) is 9.37. The van der Waals surface area contributed by atoms with E-state index in [1.54, 1.807) is 24.3 Å². The van der Waals surface area contributed by atoms with E-state index in [1.807, 2.05) is 35.2 Å². The largest absolute Gasteiger partial charge is 0.339 e. The summed E-state index contributed by atoms with van der Waals surface area (Å²) in [5.41, 5.74) is 1.99. The number of amides is 1. The zero-order valence-electron chi connectivity index (χ0n) is 15.3. The van der Waals surface area contributed by atoms with Gasteiger partial charge in [-0.3, -0.25) is 9.59 Å². The minimum Gasteiger partial charge on any atom is -0.339 e. The van der Waals surface area contributed by atoms with Gasteiger partial charge in [0.25, 0.3) is 5.91 Å². The van der Waals surface area contributed by atoms with E-state index in [0.29, 0.717) is 22.1 Å². The first-order valence-electron chi connectivity index (χ1n) is 9.37. The lowest BCUT2D eigenvalue weighted by molar-refractivity contribution is 0.0605. The van der Waals surface area contributed by atoms with Crippen LogP contribution >= 0.6 is 12.4 Å². The number of nitrogens with zero attached hydrogens (tertiary/aromatic N) is 1. The lowest BCUT2D eigenvalue weighted by Gasteiger charge is -2.39. The molecule has 0 atom stereocenters. The molecule has 2 aliphatic rings. The van der Waals surface area contributed by atoms with E-state index in [1.165, 1.54) is 6.42 Å². The summed E-state index contributed by atoms with van der Waals surface area (Å²) < 4.78 is 0. The van der Waals surface area contributed by atoms with Gasteiger partial charge in [-0.25, -0.2) is 0 Å². The molecule has 4 rings (SSSR count). The van der Waals surface area contributed by atoms with Crippen molar-refractivity contribution in [1.82, 2.24) is 10.2 Å². The second-order valence-electron chi connectivity index (χ2n) is 7.46. The van der Waals surface area contributed by atoms with Gasteiger partial charge in [0, 0.05) is 30.8 Å². The predicted octanol–water partition coefficient (Wildman–Crippen LogP) is 3.56. The summed E-state index contributed by atoms with van der Waals surface area (Å²) in [4.78, 5) is 27.9. The van der Waals surface area contributed by atoms with E-state index in [0.717, 1.165) is 39.0 Å². The number of carbonyl (C=O) groups is 2. The van der Waals surface area contributed by atoms with E-state index in [9.17, 15) is 9.59 Å². The highest BCUT2D eigenvalue weighted by molar-refractivity contribution is 6.15. The Morgan fingerprint density at radius 2 is 1.48 bits per heavy atom. The van der Waals surface area contributed by atoms with E-state index >= 15 is 0 Å². The van der Waals surface area contributed by atoms with Gasteiger partial charge in [-0.2, -0.15) is 0 Å². The summed E-state index contributed by atoms with van der Waals surface area (Å²) in [7, 11) is 0. The SMILES string of the molecule is Cl.O=C(c1ccccc1)c1ccccc1C(=O)N1CCC2(CCNC2)CC1. The molecule has 4 nitrogen and oxygen atoms in total. The number of likely N-dealkylation sites (tertiary alicyclic amines) is 1. The van der Waals surface area contributed by atoms with Crippen molar-refractivity contribution >= 4 is 24.1 Å². The van der Waals surface area contributed by atoms with Crippen LogP contribution in [0.15, 0.2) is 54.6 Å². The zero-order chi connectivity index (χ0) is 18.0. The van der Waals surface area contributed by atoms with E-state index in [4.69, 9.17) is 0 Å². The van der Waals surface area contributed by atoms with Crippen molar-refractivity contribution in [3.8, 4) is 0 Å². The van der Waals surface area contributed by atoms with Crippen LogP contribution in [0.25, 0.3) is 0 Å². The molecule has 142 valence electrons. The number of carbonyl (C=O) groups excluding carboxylic acids is 2. The Morgan fingerprint density at radius 3 is 2.11 bits per heavy atom. The Hall–Kier alpha value is -2.17. The zero-order valence-corrected chi connectivity index (χ0v) is 16.1. The first kappa shape index (κ1) is 19.6. The van der Waals surface area contributed by atoms with Gasteiger partial charge >= 0.3 is 0 Å². The molecule has 2 fully saturated rings. The van der Waals surface area contributed by atoms with Gasteiger partial charge in [0.2, 0.25) is 0 Å². The van der Waals surface area contributed by atoms with Crippen molar-refractivity contribution < 1.29 is 9.59 Å². The maximum atomic E-state index is 13.1. The van der Waals surface area contributed by atoms with Gasteiger partial charge in [-0.05, 0) is 37.3 Å². The van der Waals surface area contributed by atoms with Gasteiger partial charge in [-0.15, -0.1) is 12.4 Å². The Kier molecular flexibility index (Phi) is 5.98. The lowest BCUT2D eigenvalue weighted by atomic mass is 9.77. The van der Waals surface area contributed by atoms with Crippen LogP contribution in [0.1, 0.15) is 45.5 Å². The predicted molar refractivity (Wildman–Crippen MR) is 109 cm³/mol. The summed E-state index contributed by atoms with van der Waals surface area (Å²) in [5.74, 6) is -0.117. The number of benzene rings is 2. The second kappa shape index (κ2) is 8.24. The van der Waals surface area contributed by atoms with Gasteiger partial charge < -0.3 is 10.2 Å². The van der Waals surface area contributed by atoms with Crippen LogP contribution in [0.5, 0.6) is 0 Å². The number of rotatable bonds is 3. The molecular formula is C22H25ClN2O2. The molecule has 0 saturated carbocycles. The van der Waals surface area contributed by atoms with Crippen LogP contribution in [-0.2, 0) is 0 Å². The normalized spacial score (nSPS) is 18.1. The highest BCUT2D eigenvalue weighted by Gasteiger charge is 2.38. The smallest absolute Gasteiger partial charge is 0.254 e. The van der Waals surface area contributed by atoms with Gasteiger partial charge in [-0.1, -0.05) is 48.5 Å². The molecule has 0 unspecified atom stereocenters. The summed E-state index contributed by atoms with van der Waals surface area (Å²) in [6.07, 6.45) is 3.29. The molecule has 1 amide bonds. The third-order valence-corrected chi connectivity index (χ3v) is 5.88. The quantitative estimate of drug-likeness (QED) is 0.823. The Bertz CT molecular complexity index is 806. The lowest BCUT2D eigenvalue weighted by Crippen LogP contribution is -2.44. The Morgan fingerprint density at radius 1 is 0.852 bits per heavy atom. The molecule has 5 heteroatoms. The number of hydrogen-bond donors (Lipinski definition) is 1. The fraction of sp³-hybridized carbons (Fsp3) is 0.364. The number of hydrogen-bond acceptors (Lipinski definition) is 3. The van der Waals surface area contributed by atoms with E-state index in [2.05, 4.69) is 5.32 Å². The molecule has 0 aromatic heterocycles. The molecule has 2 aromatic carbocycles. The fourth-order valence-corrected chi connectivity index (χ4v) is 4.19. The molecule has 1 spiro atoms. The first-order chi connectivity index (χ1) is 12.7. The van der Waals surface area contributed by atoms with E-state index < -0.39 is 0 Å². The van der Waals surface area contributed by atoms with Gasteiger partial charge in [0.15, 0.2) is 5.78 Å². The molecule has 0 aliphatic carbocycles. The molecule has 1 N–H and O–H groups in total. The fourth-order valence-electron chi connectivity index (χ4n) is 4.19. The van der Waals surface area contributed by atoms with Crippen molar-refractivity contribution in [2.75, 3.05) is 26.2 Å². The van der Waals surface area contributed by atoms with Crippen LogP contribution in [0.2, 0.25) is 0 Å². The summed E-state index contributed by atoms with van der Waals surface area (Å²) in [6, 6.07) is 16.4. The van der Waals surface area contributed by atoms with Crippen LogP contribution < -0.4 is 5.32 Å². The number of ketones is 1. The maximum Gasteiger partial charge on any atom is 0.254 e. The van der Waals surface area contributed by atoms with Crippen LogP contribution in [0.3, 0.4) is 0 Å². The molecular weight excluding hydrogens is 360 g/mol. The minimum absolute atomic E-state index is 0. The van der Waals surface area contributed by atoms with Crippen molar-refractivity contribution in [2.24, 2.45) is 5.41 Å². The monoisotopic (exact) mass is 384 g/mol. The molecule has 27 heavy (non-hydrogen) atoms. The van der Waals surface area contributed by atoms with Crippen LogP contribution in [-0.4, -0.2) is 42.8 Å². The molecule has 2 aromatic rings. The average Bonchev–Trinajstić information content (AvgIpc) is 3.16. The molecule has 2 saturated heterocycles. The maximum absolute atomic E-state index is 13.1. The summed E-state index contributed by atoms with van der Waals surface area (Å²) >= 11 is 0. The van der Waals surface area contributed by atoms with Crippen LogP contribution in [0.4, 0.5) is 0 Å². The topological polar surface area (TPSA) is 49.4 Å². The second-order valence-corrected chi connectivity index (χ2v) is 7.46. The standard InChI is InChI=1S/C22H24N2O2.ClH/c25-20(17-6-2-1-3-7-17)18-8-4-5-9-19(18)21(26)24-14-11-22(12-15-24)10-13-23-16-22;/h1-9,23H,10-16H2;1H. The molecule has 0 radical (unpaired) electrons. The molecule has 0 bridgehead atoms. The van der Waals surface area contributed by atoms with Crippen molar-refractivity contribution in [1.29, 1.82) is 0 Å². The Labute approximate surface area is 166 Å². The Balaban J connectivity index is 0.00000210. The summed E-state index contributed by atoms with van der Waals surface area (Å²) in [5, 5.41) is 3.45. The number of halogens is 1. The average molecular weight is 385 g/mol. The van der Waals surface area contributed by atoms with E-state index in [-0.39, 0.29) is 24.1 Å². The number of nitrogens with one attached hydrogen (secondary N) is 1. The summed E-state index contributed by atoms with van der Waals surface area (Å²) in [6.45, 7) is 3.70. The third kappa shape index (κ3) is 3.92. The van der Waals surface area contributed by atoms with Crippen molar-refractivity contribution in [2.45, 2.75) is 19.3 Å². The highest BCUT2D eigenvalue weighted by atomic mass is 35.5. The minimum atomic E-state index is -0.0944. The molecule has 2 heterocycles. The molecule has 2 aliphatic heterocycles.